The Morgan fingerprint density at radius 1 is 1.50 bits per heavy atom. The number of nitrogens with one attached hydrogen (secondary N) is 1. The Morgan fingerprint density at radius 3 is 2.88 bits per heavy atom. The van der Waals surface area contributed by atoms with Gasteiger partial charge in [-0.1, -0.05) is 6.92 Å². The summed E-state index contributed by atoms with van der Waals surface area (Å²) in [4.78, 5) is 0. The molecule has 0 aromatic carbocycles. The molecule has 1 rings (SSSR count). The predicted molar refractivity (Wildman–Crippen MR) is 69.2 cm³/mol. The lowest BCUT2D eigenvalue weighted by molar-refractivity contribution is 0.0589. The molecular formula is C12H25NO2S. The van der Waals surface area contributed by atoms with Gasteiger partial charge in [-0.25, -0.2) is 0 Å². The van der Waals surface area contributed by atoms with Crippen LogP contribution in [0.3, 0.4) is 0 Å². The third-order valence-electron chi connectivity index (χ3n) is 3.51. The first-order valence-electron chi connectivity index (χ1n) is 6.22. The SMILES string of the molecule is COC1CCCC(NCCC(C)S(C)=O)C1. The average Bonchev–Trinajstić information content (AvgIpc) is 2.29. The summed E-state index contributed by atoms with van der Waals surface area (Å²) < 4.78 is 16.6. The first kappa shape index (κ1) is 14.1. The van der Waals surface area contributed by atoms with Gasteiger partial charge in [0.1, 0.15) is 0 Å². The fourth-order valence-electron chi connectivity index (χ4n) is 2.20. The van der Waals surface area contributed by atoms with Crippen molar-refractivity contribution in [3.63, 3.8) is 0 Å². The summed E-state index contributed by atoms with van der Waals surface area (Å²) in [6.07, 6.45) is 8.05. The Balaban J connectivity index is 2.15. The molecule has 0 aromatic heterocycles. The third kappa shape index (κ3) is 4.93. The summed E-state index contributed by atoms with van der Waals surface area (Å²) in [5.74, 6) is 0. The van der Waals surface area contributed by atoms with Gasteiger partial charge in [0.25, 0.3) is 0 Å². The van der Waals surface area contributed by atoms with Crippen molar-refractivity contribution < 1.29 is 8.95 Å². The van der Waals surface area contributed by atoms with Crippen LogP contribution in [0.4, 0.5) is 0 Å². The second-order valence-corrected chi connectivity index (χ2v) is 6.58. The van der Waals surface area contributed by atoms with Crippen LogP contribution in [0, 0.1) is 0 Å². The Labute approximate surface area is 102 Å². The van der Waals surface area contributed by atoms with Gasteiger partial charge in [-0.05, 0) is 38.6 Å². The lowest BCUT2D eigenvalue weighted by Crippen LogP contribution is -2.38. The van der Waals surface area contributed by atoms with Crippen molar-refractivity contribution in [1.82, 2.24) is 5.32 Å². The number of hydrogen-bond donors (Lipinski definition) is 1. The van der Waals surface area contributed by atoms with E-state index in [2.05, 4.69) is 12.2 Å². The van der Waals surface area contributed by atoms with E-state index in [0.29, 0.717) is 17.4 Å². The van der Waals surface area contributed by atoms with E-state index in [1.807, 2.05) is 0 Å². The van der Waals surface area contributed by atoms with Crippen LogP contribution in [0.2, 0.25) is 0 Å². The lowest BCUT2D eigenvalue weighted by atomic mass is 9.93. The van der Waals surface area contributed by atoms with E-state index in [4.69, 9.17) is 4.74 Å². The molecule has 4 heteroatoms. The van der Waals surface area contributed by atoms with Crippen molar-refractivity contribution in [3.8, 4) is 0 Å². The van der Waals surface area contributed by atoms with Crippen LogP contribution in [0.15, 0.2) is 0 Å². The standard InChI is InChI=1S/C12H25NO2S/c1-10(16(3)14)7-8-13-11-5-4-6-12(9-11)15-2/h10-13H,4-9H2,1-3H3. The zero-order valence-corrected chi connectivity index (χ0v) is 11.5. The first-order chi connectivity index (χ1) is 7.63. The fraction of sp³-hybridized carbons (Fsp3) is 1.00. The average molecular weight is 247 g/mol. The molecule has 1 aliphatic rings. The zero-order valence-electron chi connectivity index (χ0n) is 10.7. The van der Waals surface area contributed by atoms with Gasteiger partial charge in [-0.15, -0.1) is 0 Å². The van der Waals surface area contributed by atoms with E-state index in [1.54, 1.807) is 13.4 Å². The molecule has 0 aliphatic heterocycles. The molecule has 1 N–H and O–H groups in total. The lowest BCUT2D eigenvalue weighted by Gasteiger charge is -2.29. The highest BCUT2D eigenvalue weighted by molar-refractivity contribution is 7.84. The summed E-state index contributed by atoms with van der Waals surface area (Å²) >= 11 is 0. The smallest absolute Gasteiger partial charge is 0.0586 e. The quantitative estimate of drug-likeness (QED) is 0.776. The van der Waals surface area contributed by atoms with Crippen LogP contribution in [-0.4, -0.2) is 41.5 Å². The molecule has 0 heterocycles. The van der Waals surface area contributed by atoms with Gasteiger partial charge in [0, 0.05) is 35.5 Å². The maximum atomic E-state index is 11.2. The largest absolute Gasteiger partial charge is 0.381 e. The first-order valence-corrected chi connectivity index (χ1v) is 7.84. The van der Waals surface area contributed by atoms with Crippen molar-refractivity contribution in [2.24, 2.45) is 0 Å². The van der Waals surface area contributed by atoms with Crippen LogP contribution in [0.1, 0.15) is 39.0 Å². The molecule has 1 aliphatic carbocycles. The maximum absolute atomic E-state index is 11.2. The molecule has 16 heavy (non-hydrogen) atoms. The van der Waals surface area contributed by atoms with Crippen LogP contribution < -0.4 is 5.32 Å². The highest BCUT2D eigenvalue weighted by atomic mass is 32.2. The van der Waals surface area contributed by atoms with E-state index in [0.717, 1.165) is 19.4 Å². The Morgan fingerprint density at radius 2 is 2.25 bits per heavy atom. The third-order valence-corrected chi connectivity index (χ3v) is 4.88. The summed E-state index contributed by atoms with van der Waals surface area (Å²) in [5, 5.41) is 3.86. The van der Waals surface area contributed by atoms with Crippen molar-refractivity contribution in [2.75, 3.05) is 19.9 Å². The topological polar surface area (TPSA) is 38.3 Å². The second-order valence-electron chi connectivity index (χ2n) is 4.77. The van der Waals surface area contributed by atoms with Crippen LogP contribution in [0.25, 0.3) is 0 Å². The number of ether oxygens (including phenoxy) is 1. The van der Waals surface area contributed by atoms with Crippen molar-refractivity contribution in [3.05, 3.63) is 0 Å². The molecule has 4 atom stereocenters. The monoisotopic (exact) mass is 247 g/mol. The summed E-state index contributed by atoms with van der Waals surface area (Å²) in [7, 11) is 1.11. The van der Waals surface area contributed by atoms with Crippen LogP contribution in [-0.2, 0) is 15.5 Å². The van der Waals surface area contributed by atoms with Crippen molar-refractivity contribution in [2.45, 2.75) is 56.4 Å². The fourth-order valence-corrected chi connectivity index (χ4v) is 2.65. The van der Waals surface area contributed by atoms with Crippen LogP contribution >= 0.6 is 0 Å². The highest BCUT2D eigenvalue weighted by Gasteiger charge is 2.21. The van der Waals surface area contributed by atoms with E-state index < -0.39 is 10.8 Å². The molecule has 4 unspecified atom stereocenters. The Hall–Kier alpha value is 0.0700. The minimum Gasteiger partial charge on any atom is -0.381 e. The normalized spacial score (nSPS) is 29.9. The minimum absolute atomic E-state index is 0.300. The molecule has 0 radical (unpaired) electrons. The zero-order chi connectivity index (χ0) is 12.0. The predicted octanol–water partition coefficient (Wildman–Crippen LogP) is 1.69. The van der Waals surface area contributed by atoms with Gasteiger partial charge in [0.15, 0.2) is 0 Å². The molecule has 96 valence electrons. The van der Waals surface area contributed by atoms with E-state index in [-0.39, 0.29) is 0 Å². The van der Waals surface area contributed by atoms with Gasteiger partial charge < -0.3 is 10.1 Å². The second kappa shape index (κ2) is 7.41. The summed E-state index contributed by atoms with van der Waals surface area (Å²) in [6, 6.07) is 0.594. The van der Waals surface area contributed by atoms with Crippen molar-refractivity contribution in [1.29, 1.82) is 0 Å². The van der Waals surface area contributed by atoms with Crippen molar-refractivity contribution >= 4 is 10.8 Å². The molecule has 3 nitrogen and oxygen atoms in total. The van der Waals surface area contributed by atoms with E-state index >= 15 is 0 Å². The summed E-state index contributed by atoms with van der Waals surface area (Å²) in [6.45, 7) is 3.03. The maximum Gasteiger partial charge on any atom is 0.0586 e. The molecule has 1 saturated carbocycles. The van der Waals surface area contributed by atoms with Gasteiger partial charge >= 0.3 is 0 Å². The molecule has 0 aromatic rings. The van der Waals surface area contributed by atoms with E-state index in [9.17, 15) is 4.21 Å². The Kier molecular flexibility index (Phi) is 6.54. The number of hydrogen-bond acceptors (Lipinski definition) is 3. The van der Waals surface area contributed by atoms with Gasteiger partial charge in [-0.2, -0.15) is 0 Å². The van der Waals surface area contributed by atoms with Gasteiger partial charge in [0.05, 0.1) is 6.10 Å². The Bertz CT molecular complexity index is 223. The summed E-state index contributed by atoms with van der Waals surface area (Å²) in [5.41, 5.74) is 0. The molecule has 0 saturated heterocycles. The molecular weight excluding hydrogens is 222 g/mol. The molecule has 1 fully saturated rings. The minimum atomic E-state index is -0.690. The van der Waals surface area contributed by atoms with Gasteiger partial charge in [-0.3, -0.25) is 4.21 Å². The van der Waals surface area contributed by atoms with Gasteiger partial charge in [0.2, 0.25) is 0 Å². The highest BCUT2D eigenvalue weighted by Crippen LogP contribution is 2.20. The number of methoxy groups -OCH3 is 1. The molecule has 0 spiro atoms. The number of rotatable bonds is 6. The molecule has 0 amide bonds. The van der Waals surface area contributed by atoms with E-state index in [1.165, 1.54) is 19.3 Å². The van der Waals surface area contributed by atoms with Crippen LogP contribution in [0.5, 0.6) is 0 Å². The molecule has 0 bridgehead atoms.